The summed E-state index contributed by atoms with van der Waals surface area (Å²) in [4.78, 5) is 26.3. The van der Waals surface area contributed by atoms with Gasteiger partial charge in [0.2, 0.25) is 0 Å². The molecule has 0 saturated carbocycles. The van der Waals surface area contributed by atoms with Crippen LogP contribution >= 0.6 is 0 Å². The van der Waals surface area contributed by atoms with Gasteiger partial charge < -0.3 is 18.9 Å². The number of ketones is 1. The van der Waals surface area contributed by atoms with Crippen LogP contribution in [0, 0.1) is 0 Å². The van der Waals surface area contributed by atoms with E-state index in [1.807, 2.05) is 11.8 Å². The van der Waals surface area contributed by atoms with Crippen molar-refractivity contribution in [1.82, 2.24) is 9.47 Å². The van der Waals surface area contributed by atoms with E-state index in [4.69, 9.17) is 9.47 Å². The molecule has 1 amide bonds. The van der Waals surface area contributed by atoms with Crippen molar-refractivity contribution in [3.05, 3.63) is 23.5 Å². The molecule has 0 aromatic carbocycles. The molecule has 3 rings (SSSR count). The van der Waals surface area contributed by atoms with Crippen molar-refractivity contribution in [2.24, 2.45) is 7.05 Å². The molecule has 2 saturated heterocycles. The number of rotatable bonds is 2. The standard InChI is InChI=1S/C17H24N2O4/c1-12-8-19(10-17(23-12)5-4-6-22-11-17)16(21)15-7-14(13(2)20)9-18(15)3/h7,9,12H,4-6,8,10-11H2,1-3H3/t12-,17-/m0/s1. The molecule has 0 unspecified atom stereocenters. The predicted molar refractivity (Wildman–Crippen MR) is 84.7 cm³/mol. The first-order chi connectivity index (χ1) is 10.9. The van der Waals surface area contributed by atoms with Gasteiger partial charge in [0.05, 0.1) is 19.3 Å². The fraction of sp³-hybridized carbons (Fsp3) is 0.647. The van der Waals surface area contributed by atoms with Crippen molar-refractivity contribution in [3.63, 3.8) is 0 Å². The molecule has 2 aliphatic rings. The normalized spacial score (nSPS) is 28.1. The molecule has 0 radical (unpaired) electrons. The number of carbonyl (C=O) groups is 2. The molecule has 6 heteroatoms. The summed E-state index contributed by atoms with van der Waals surface area (Å²) in [6.45, 7) is 5.88. The molecular formula is C17H24N2O4. The van der Waals surface area contributed by atoms with Crippen LogP contribution in [0.25, 0.3) is 0 Å². The number of aromatic nitrogens is 1. The number of Topliss-reactive ketones (excluding diaryl/α,β-unsaturated/α-hetero) is 1. The van der Waals surface area contributed by atoms with Crippen LogP contribution in [-0.2, 0) is 16.5 Å². The summed E-state index contributed by atoms with van der Waals surface area (Å²) in [7, 11) is 1.79. The second-order valence-electron chi connectivity index (χ2n) is 6.73. The SMILES string of the molecule is CC(=O)c1cc(C(=O)N2C[C@H](C)O[C@@]3(CCCOC3)C2)n(C)c1. The molecule has 2 atom stereocenters. The molecule has 3 heterocycles. The van der Waals surface area contributed by atoms with Crippen LogP contribution in [0.2, 0.25) is 0 Å². The highest BCUT2D eigenvalue weighted by Gasteiger charge is 2.43. The van der Waals surface area contributed by atoms with E-state index in [2.05, 4.69) is 0 Å². The minimum atomic E-state index is -0.389. The van der Waals surface area contributed by atoms with E-state index in [1.165, 1.54) is 6.92 Å². The van der Waals surface area contributed by atoms with Crippen molar-refractivity contribution < 1.29 is 19.1 Å². The molecule has 126 valence electrons. The van der Waals surface area contributed by atoms with Crippen molar-refractivity contribution in [1.29, 1.82) is 0 Å². The lowest BCUT2D eigenvalue weighted by Gasteiger charge is -2.47. The van der Waals surface area contributed by atoms with Crippen LogP contribution < -0.4 is 0 Å². The van der Waals surface area contributed by atoms with Gasteiger partial charge in [-0.05, 0) is 32.8 Å². The summed E-state index contributed by atoms with van der Waals surface area (Å²) in [6, 6.07) is 1.68. The van der Waals surface area contributed by atoms with E-state index in [9.17, 15) is 9.59 Å². The van der Waals surface area contributed by atoms with Crippen molar-refractivity contribution in [2.45, 2.75) is 38.4 Å². The van der Waals surface area contributed by atoms with Gasteiger partial charge in [0.1, 0.15) is 11.3 Å². The van der Waals surface area contributed by atoms with Gasteiger partial charge in [0.15, 0.2) is 5.78 Å². The molecule has 23 heavy (non-hydrogen) atoms. The molecular weight excluding hydrogens is 296 g/mol. The second kappa shape index (κ2) is 6.09. The van der Waals surface area contributed by atoms with Gasteiger partial charge in [-0.2, -0.15) is 0 Å². The van der Waals surface area contributed by atoms with Crippen LogP contribution in [0.1, 0.15) is 47.5 Å². The fourth-order valence-electron chi connectivity index (χ4n) is 3.55. The number of nitrogens with zero attached hydrogens (tertiary/aromatic N) is 2. The third-order valence-corrected chi connectivity index (χ3v) is 4.61. The quantitative estimate of drug-likeness (QED) is 0.777. The molecule has 0 bridgehead atoms. The third-order valence-electron chi connectivity index (χ3n) is 4.61. The van der Waals surface area contributed by atoms with E-state index in [0.29, 0.717) is 31.0 Å². The molecule has 2 fully saturated rings. The number of carbonyl (C=O) groups excluding carboxylic acids is 2. The maximum atomic E-state index is 12.9. The Morgan fingerprint density at radius 2 is 2.17 bits per heavy atom. The zero-order chi connectivity index (χ0) is 16.6. The molecule has 1 spiro atoms. The van der Waals surface area contributed by atoms with Gasteiger partial charge in [0.25, 0.3) is 5.91 Å². The zero-order valence-corrected chi connectivity index (χ0v) is 14.0. The minimum absolute atomic E-state index is 0.0260. The highest BCUT2D eigenvalue weighted by Crippen LogP contribution is 2.30. The monoisotopic (exact) mass is 320 g/mol. The maximum absolute atomic E-state index is 12.9. The smallest absolute Gasteiger partial charge is 0.270 e. The number of ether oxygens (including phenoxy) is 2. The van der Waals surface area contributed by atoms with E-state index in [-0.39, 0.29) is 23.4 Å². The second-order valence-corrected chi connectivity index (χ2v) is 6.73. The van der Waals surface area contributed by atoms with Crippen LogP contribution in [-0.4, -0.2) is 59.2 Å². The largest absolute Gasteiger partial charge is 0.378 e. The summed E-state index contributed by atoms with van der Waals surface area (Å²) in [5.74, 6) is -0.0905. The Bertz CT molecular complexity index is 616. The Morgan fingerprint density at radius 1 is 1.39 bits per heavy atom. The van der Waals surface area contributed by atoms with E-state index in [1.54, 1.807) is 23.9 Å². The highest BCUT2D eigenvalue weighted by atomic mass is 16.6. The number of hydrogen-bond acceptors (Lipinski definition) is 4. The van der Waals surface area contributed by atoms with E-state index < -0.39 is 0 Å². The van der Waals surface area contributed by atoms with Gasteiger partial charge >= 0.3 is 0 Å². The fourth-order valence-corrected chi connectivity index (χ4v) is 3.55. The first-order valence-electron chi connectivity index (χ1n) is 8.12. The van der Waals surface area contributed by atoms with E-state index in [0.717, 1.165) is 19.4 Å². The lowest BCUT2D eigenvalue weighted by molar-refractivity contribution is -0.188. The predicted octanol–water partition coefficient (Wildman–Crippen LogP) is 1.64. The van der Waals surface area contributed by atoms with Crippen molar-refractivity contribution in [3.8, 4) is 0 Å². The average Bonchev–Trinajstić information content (AvgIpc) is 2.88. The number of hydrogen-bond donors (Lipinski definition) is 0. The summed E-state index contributed by atoms with van der Waals surface area (Å²) >= 11 is 0. The number of amides is 1. The van der Waals surface area contributed by atoms with Crippen LogP contribution in [0.15, 0.2) is 12.3 Å². The molecule has 0 N–H and O–H groups in total. The highest BCUT2D eigenvalue weighted by molar-refractivity contribution is 5.99. The van der Waals surface area contributed by atoms with Gasteiger partial charge in [-0.15, -0.1) is 0 Å². The third kappa shape index (κ3) is 3.19. The van der Waals surface area contributed by atoms with Crippen LogP contribution in [0.4, 0.5) is 0 Å². The maximum Gasteiger partial charge on any atom is 0.270 e. The summed E-state index contributed by atoms with van der Waals surface area (Å²) in [6.07, 6.45) is 3.54. The van der Waals surface area contributed by atoms with Crippen molar-refractivity contribution in [2.75, 3.05) is 26.3 Å². The molecule has 1 aromatic rings. The Morgan fingerprint density at radius 3 is 2.78 bits per heavy atom. The van der Waals surface area contributed by atoms with Gasteiger partial charge in [0, 0.05) is 32.0 Å². The lowest BCUT2D eigenvalue weighted by Crippen LogP contribution is -2.59. The Hall–Kier alpha value is -1.66. The Balaban J connectivity index is 1.82. The number of morpholine rings is 1. The number of aryl methyl sites for hydroxylation is 1. The molecule has 1 aromatic heterocycles. The topological polar surface area (TPSA) is 60.8 Å². The molecule has 6 nitrogen and oxygen atoms in total. The summed E-state index contributed by atoms with van der Waals surface area (Å²) < 4.78 is 13.4. The summed E-state index contributed by atoms with van der Waals surface area (Å²) in [5.41, 5.74) is 0.712. The lowest BCUT2D eigenvalue weighted by atomic mass is 9.93. The van der Waals surface area contributed by atoms with Crippen LogP contribution in [0.3, 0.4) is 0 Å². The van der Waals surface area contributed by atoms with E-state index >= 15 is 0 Å². The first-order valence-corrected chi connectivity index (χ1v) is 8.12. The summed E-state index contributed by atoms with van der Waals surface area (Å²) in [5, 5.41) is 0. The zero-order valence-electron chi connectivity index (χ0n) is 14.0. The Labute approximate surface area is 136 Å². The Kier molecular flexibility index (Phi) is 4.29. The average molecular weight is 320 g/mol. The molecule has 2 aliphatic heterocycles. The van der Waals surface area contributed by atoms with Crippen molar-refractivity contribution >= 4 is 11.7 Å². The van der Waals surface area contributed by atoms with Gasteiger partial charge in [-0.25, -0.2) is 0 Å². The first kappa shape index (κ1) is 16.2. The van der Waals surface area contributed by atoms with Gasteiger partial charge in [-0.1, -0.05) is 0 Å². The van der Waals surface area contributed by atoms with Crippen LogP contribution in [0.5, 0.6) is 0 Å². The minimum Gasteiger partial charge on any atom is -0.378 e. The molecule has 0 aliphatic carbocycles. The van der Waals surface area contributed by atoms with Gasteiger partial charge in [-0.3, -0.25) is 9.59 Å².